The van der Waals surface area contributed by atoms with Crippen molar-refractivity contribution >= 4 is 38.1 Å². The van der Waals surface area contributed by atoms with Crippen LogP contribution in [0.1, 0.15) is 10.4 Å². The first-order chi connectivity index (χ1) is 14.2. The van der Waals surface area contributed by atoms with Crippen molar-refractivity contribution in [3.63, 3.8) is 0 Å². The number of Topliss-reactive ketones (excluding diaryl/α,β-unsaturated/α-hetero) is 1. The first-order valence-corrected chi connectivity index (χ1v) is 10.1. The molecule has 0 unspecified atom stereocenters. The summed E-state index contributed by atoms with van der Waals surface area (Å²) >= 11 is 1.48. The van der Waals surface area contributed by atoms with Gasteiger partial charge in [-0.2, -0.15) is 0 Å². The Balaban J connectivity index is 1.49. The lowest BCUT2D eigenvalue weighted by Crippen LogP contribution is -2.24. The molecular formula is C24H16N2O2S. The summed E-state index contributed by atoms with van der Waals surface area (Å²) in [5.41, 5.74) is 1.45. The Morgan fingerprint density at radius 2 is 1.66 bits per heavy atom. The highest BCUT2D eigenvalue weighted by atomic mass is 32.1. The molecule has 29 heavy (non-hydrogen) atoms. The van der Waals surface area contributed by atoms with E-state index in [1.54, 1.807) is 6.07 Å². The third-order valence-corrected chi connectivity index (χ3v) is 6.05. The molecule has 0 aliphatic rings. The fraction of sp³-hybridized carbons (Fsp3) is 0.0417. The number of ketones is 1. The molecule has 5 rings (SSSR count). The number of benzene rings is 3. The molecule has 0 amide bonds. The Bertz CT molecular complexity index is 1420. The lowest BCUT2D eigenvalue weighted by Gasteiger charge is -2.06. The average Bonchev–Trinajstić information content (AvgIpc) is 3.21. The normalized spacial score (nSPS) is 11.2. The van der Waals surface area contributed by atoms with Gasteiger partial charge in [0.25, 0.3) is 5.56 Å². The van der Waals surface area contributed by atoms with Crippen LogP contribution in [0.4, 0.5) is 0 Å². The summed E-state index contributed by atoms with van der Waals surface area (Å²) in [6, 6.07) is 25.3. The molecule has 0 N–H and O–H groups in total. The van der Waals surface area contributed by atoms with Crippen molar-refractivity contribution in [3.05, 3.63) is 101 Å². The molecule has 0 fully saturated rings. The van der Waals surface area contributed by atoms with Gasteiger partial charge in [0, 0.05) is 10.4 Å². The van der Waals surface area contributed by atoms with Crippen molar-refractivity contribution in [1.82, 2.24) is 9.55 Å². The lowest BCUT2D eigenvalue weighted by atomic mass is 10.0. The molecule has 0 aliphatic heterocycles. The summed E-state index contributed by atoms with van der Waals surface area (Å²) in [7, 11) is 0. The van der Waals surface area contributed by atoms with Crippen LogP contribution in [0.25, 0.3) is 31.4 Å². The van der Waals surface area contributed by atoms with Crippen molar-refractivity contribution in [2.45, 2.75) is 6.54 Å². The summed E-state index contributed by atoms with van der Waals surface area (Å²) in [5.74, 6) is -0.113. The fourth-order valence-electron chi connectivity index (χ4n) is 3.43. The highest BCUT2D eigenvalue weighted by Crippen LogP contribution is 2.30. The third kappa shape index (κ3) is 3.26. The van der Waals surface area contributed by atoms with Crippen LogP contribution in [0.15, 0.2) is 90.0 Å². The Morgan fingerprint density at radius 1 is 0.897 bits per heavy atom. The van der Waals surface area contributed by atoms with Crippen molar-refractivity contribution in [3.8, 4) is 10.4 Å². The number of nitrogens with zero attached hydrogens (tertiary/aromatic N) is 2. The van der Waals surface area contributed by atoms with E-state index in [0.29, 0.717) is 15.8 Å². The van der Waals surface area contributed by atoms with Crippen molar-refractivity contribution in [2.24, 2.45) is 0 Å². The summed E-state index contributed by atoms with van der Waals surface area (Å²) in [6.07, 6.45) is 1.47. The van der Waals surface area contributed by atoms with E-state index in [-0.39, 0.29) is 17.9 Å². The van der Waals surface area contributed by atoms with Crippen LogP contribution in [0.5, 0.6) is 0 Å². The Labute approximate surface area is 170 Å². The smallest absolute Gasteiger partial charge is 0.262 e. The van der Waals surface area contributed by atoms with E-state index >= 15 is 0 Å². The van der Waals surface area contributed by atoms with E-state index in [4.69, 9.17) is 0 Å². The van der Waals surface area contributed by atoms with Crippen LogP contribution >= 0.6 is 11.3 Å². The van der Waals surface area contributed by atoms with E-state index in [1.165, 1.54) is 22.2 Å². The van der Waals surface area contributed by atoms with E-state index in [0.717, 1.165) is 21.2 Å². The highest BCUT2D eigenvalue weighted by Gasteiger charge is 2.13. The first-order valence-electron chi connectivity index (χ1n) is 9.25. The second-order valence-electron chi connectivity index (χ2n) is 6.86. The number of thiophene rings is 1. The molecule has 0 saturated heterocycles. The predicted molar refractivity (Wildman–Crippen MR) is 118 cm³/mol. The number of rotatable bonds is 4. The second-order valence-corrected chi connectivity index (χ2v) is 7.89. The van der Waals surface area contributed by atoms with Crippen molar-refractivity contribution in [2.75, 3.05) is 0 Å². The van der Waals surface area contributed by atoms with Crippen molar-refractivity contribution in [1.29, 1.82) is 0 Å². The minimum atomic E-state index is -0.192. The molecule has 0 aliphatic carbocycles. The molecule has 0 radical (unpaired) electrons. The second kappa shape index (κ2) is 7.11. The van der Waals surface area contributed by atoms with Gasteiger partial charge in [0.1, 0.15) is 4.83 Å². The number of hydrogen-bond donors (Lipinski definition) is 0. The molecule has 0 spiro atoms. The Hall–Kier alpha value is -3.57. The SMILES string of the molecule is O=C(Cn1cnc2sc(-c3ccccc3)cc2c1=O)c1ccc2ccccc2c1. The van der Waals surface area contributed by atoms with Gasteiger partial charge in [0.05, 0.1) is 18.3 Å². The van der Waals surface area contributed by atoms with Gasteiger partial charge in [-0.3, -0.25) is 14.2 Å². The van der Waals surface area contributed by atoms with E-state index in [9.17, 15) is 9.59 Å². The zero-order valence-electron chi connectivity index (χ0n) is 15.4. The van der Waals surface area contributed by atoms with Gasteiger partial charge in [-0.25, -0.2) is 4.98 Å². The number of fused-ring (bicyclic) bond motifs is 2. The van der Waals surface area contributed by atoms with Crippen LogP contribution in [0.2, 0.25) is 0 Å². The highest BCUT2D eigenvalue weighted by molar-refractivity contribution is 7.21. The van der Waals surface area contributed by atoms with E-state index in [2.05, 4.69) is 4.98 Å². The molecule has 0 bridgehead atoms. The van der Waals surface area contributed by atoms with Crippen LogP contribution in [-0.4, -0.2) is 15.3 Å². The third-order valence-electron chi connectivity index (χ3n) is 4.96. The quantitative estimate of drug-likeness (QED) is 0.394. The van der Waals surface area contributed by atoms with Gasteiger partial charge in [0.15, 0.2) is 5.78 Å². The summed E-state index contributed by atoms with van der Waals surface area (Å²) in [4.78, 5) is 31.8. The number of carbonyl (C=O) groups is 1. The van der Waals surface area contributed by atoms with Crippen molar-refractivity contribution < 1.29 is 4.79 Å². The molecule has 4 nitrogen and oxygen atoms in total. The van der Waals surface area contributed by atoms with E-state index in [1.807, 2.05) is 72.8 Å². The molecule has 2 aromatic heterocycles. The molecule has 0 saturated carbocycles. The Morgan fingerprint density at radius 3 is 2.48 bits per heavy atom. The summed E-state index contributed by atoms with van der Waals surface area (Å²) in [5, 5.41) is 2.63. The van der Waals surface area contributed by atoms with Crippen LogP contribution < -0.4 is 5.56 Å². The molecule has 5 aromatic rings. The van der Waals surface area contributed by atoms with Gasteiger partial charge in [-0.05, 0) is 28.5 Å². The standard InChI is InChI=1S/C24H16N2O2S/c27-21(19-11-10-16-6-4-5-9-18(16)12-19)14-26-15-25-23-20(24(26)28)13-22(29-23)17-7-2-1-3-8-17/h1-13,15H,14H2. The molecule has 3 aromatic carbocycles. The number of carbonyl (C=O) groups excluding carboxylic acids is 1. The van der Waals surface area contributed by atoms with E-state index < -0.39 is 0 Å². The van der Waals surface area contributed by atoms with Gasteiger partial charge in [0.2, 0.25) is 0 Å². The molecule has 5 heteroatoms. The van der Waals surface area contributed by atoms with Gasteiger partial charge in [-0.15, -0.1) is 11.3 Å². The molecule has 140 valence electrons. The maximum atomic E-state index is 12.9. The zero-order valence-corrected chi connectivity index (χ0v) is 16.2. The van der Waals surface area contributed by atoms with Gasteiger partial charge < -0.3 is 0 Å². The topological polar surface area (TPSA) is 52.0 Å². The number of hydrogen-bond acceptors (Lipinski definition) is 4. The fourth-order valence-corrected chi connectivity index (χ4v) is 4.42. The monoisotopic (exact) mass is 396 g/mol. The predicted octanol–water partition coefficient (Wildman–Crippen LogP) is 5.16. The zero-order chi connectivity index (χ0) is 19.8. The van der Waals surface area contributed by atoms with Crippen LogP contribution in [0, 0.1) is 0 Å². The van der Waals surface area contributed by atoms with Gasteiger partial charge in [-0.1, -0.05) is 66.7 Å². The lowest BCUT2D eigenvalue weighted by molar-refractivity contribution is 0.0971. The maximum absolute atomic E-state index is 12.9. The van der Waals surface area contributed by atoms with Gasteiger partial charge >= 0.3 is 0 Å². The molecular weight excluding hydrogens is 380 g/mol. The van der Waals surface area contributed by atoms with Crippen LogP contribution in [0.3, 0.4) is 0 Å². The largest absolute Gasteiger partial charge is 0.292 e. The Kier molecular flexibility index (Phi) is 4.30. The maximum Gasteiger partial charge on any atom is 0.262 e. The minimum absolute atomic E-state index is 0.0311. The summed E-state index contributed by atoms with van der Waals surface area (Å²) < 4.78 is 1.39. The average molecular weight is 396 g/mol. The van der Waals surface area contributed by atoms with Crippen LogP contribution in [-0.2, 0) is 6.54 Å². The first kappa shape index (κ1) is 17.5. The number of aromatic nitrogens is 2. The summed E-state index contributed by atoms with van der Waals surface area (Å²) in [6.45, 7) is -0.0311. The molecule has 0 atom stereocenters. The minimum Gasteiger partial charge on any atom is -0.292 e. The molecule has 2 heterocycles.